The van der Waals surface area contributed by atoms with Gasteiger partial charge < -0.3 is 16.1 Å². The summed E-state index contributed by atoms with van der Waals surface area (Å²) in [5.74, 6) is -2.47. The number of allylic oxidation sites excluding steroid dienone is 2. The van der Waals surface area contributed by atoms with Crippen LogP contribution in [0.25, 0.3) is 33.3 Å². The zero-order valence-electron chi connectivity index (χ0n) is 21.7. The van der Waals surface area contributed by atoms with Gasteiger partial charge >= 0.3 is 0 Å². The molecular formula is C29H27F3N8. The molecule has 6 rings (SSSR count). The first-order valence-corrected chi connectivity index (χ1v) is 12.8. The van der Waals surface area contributed by atoms with Gasteiger partial charge in [0.05, 0.1) is 35.2 Å². The van der Waals surface area contributed by atoms with Gasteiger partial charge in [0.15, 0.2) is 0 Å². The minimum absolute atomic E-state index is 0.123. The van der Waals surface area contributed by atoms with Crippen LogP contribution >= 0.6 is 0 Å². The standard InChI is InChI=1S/C29H27F3N8/c1-17(15-40-9-8-29(31,32)16-40)10-18(11-33)23-6-7-24-27(36-23)21(13-35-39-24)28-37-25-14-34-12-20(26(25)38-28)19-4-2-3-5-22(19)30/h2-7,10-14,35,39H,8-9,15-16,33H2,1H3,(H,37,38)/b17-10+,18-11+. The number of fused-ring (bicyclic) bond motifs is 2. The van der Waals surface area contributed by atoms with Crippen LogP contribution in [0.5, 0.6) is 0 Å². The second-order valence-corrected chi connectivity index (χ2v) is 10.00. The van der Waals surface area contributed by atoms with E-state index in [1.54, 1.807) is 41.7 Å². The second kappa shape index (κ2) is 10.2. The third-order valence-corrected chi connectivity index (χ3v) is 6.99. The van der Waals surface area contributed by atoms with Crippen LogP contribution in [0.15, 0.2) is 72.8 Å². The third-order valence-electron chi connectivity index (χ3n) is 6.99. The molecule has 2 aliphatic rings. The molecule has 4 aromatic rings. The molecule has 0 amide bonds. The molecule has 204 valence electrons. The molecule has 0 aliphatic carbocycles. The summed E-state index contributed by atoms with van der Waals surface area (Å²) in [5.41, 5.74) is 18.5. The molecule has 0 unspecified atom stereocenters. The Bertz CT molecular complexity index is 1690. The molecular weight excluding hydrogens is 517 g/mol. The number of pyridine rings is 2. The minimum atomic E-state index is -2.64. The quantitative estimate of drug-likeness (QED) is 0.251. The van der Waals surface area contributed by atoms with Crippen molar-refractivity contribution in [2.24, 2.45) is 5.73 Å². The number of hydrazine groups is 1. The van der Waals surface area contributed by atoms with Crippen molar-refractivity contribution in [3.8, 4) is 11.1 Å². The van der Waals surface area contributed by atoms with Gasteiger partial charge in [0.25, 0.3) is 5.92 Å². The topological polar surface area (TPSA) is 108 Å². The lowest BCUT2D eigenvalue weighted by atomic mass is 10.0. The number of nitrogens with one attached hydrogen (secondary N) is 3. The number of hydrogen-bond donors (Lipinski definition) is 4. The van der Waals surface area contributed by atoms with Crippen molar-refractivity contribution in [2.75, 3.05) is 25.1 Å². The van der Waals surface area contributed by atoms with Crippen LogP contribution in [-0.4, -0.2) is 50.4 Å². The Morgan fingerprint density at radius 3 is 2.75 bits per heavy atom. The Morgan fingerprint density at radius 1 is 1.12 bits per heavy atom. The van der Waals surface area contributed by atoms with Gasteiger partial charge in [-0.2, -0.15) is 0 Å². The van der Waals surface area contributed by atoms with Crippen molar-refractivity contribution in [1.82, 2.24) is 30.3 Å². The average Bonchev–Trinajstić information content (AvgIpc) is 3.53. The van der Waals surface area contributed by atoms with Gasteiger partial charge in [-0.15, -0.1) is 0 Å². The number of aromatic amines is 1. The summed E-state index contributed by atoms with van der Waals surface area (Å²) in [6.45, 7) is 2.43. The SMILES string of the molecule is C/C(=C\C(=C/N)c1ccc2c(n1)C(c1nc3c(-c4ccccc4F)cncc3[nH]1)=CNN2)CN1CCC(F)(F)C1. The highest BCUT2D eigenvalue weighted by atomic mass is 19.3. The van der Waals surface area contributed by atoms with Crippen LogP contribution in [0.3, 0.4) is 0 Å². The van der Waals surface area contributed by atoms with E-state index >= 15 is 0 Å². The van der Waals surface area contributed by atoms with Gasteiger partial charge in [-0.25, -0.2) is 23.1 Å². The smallest absolute Gasteiger partial charge is 0.261 e. The van der Waals surface area contributed by atoms with Crippen LogP contribution in [-0.2, 0) is 0 Å². The van der Waals surface area contributed by atoms with Crippen molar-refractivity contribution >= 4 is 27.9 Å². The van der Waals surface area contributed by atoms with Crippen molar-refractivity contribution in [2.45, 2.75) is 19.3 Å². The maximum absolute atomic E-state index is 14.6. The zero-order valence-corrected chi connectivity index (χ0v) is 21.7. The van der Waals surface area contributed by atoms with Crippen LogP contribution in [0.4, 0.5) is 18.9 Å². The summed E-state index contributed by atoms with van der Waals surface area (Å²) >= 11 is 0. The molecule has 5 heterocycles. The molecule has 3 aromatic heterocycles. The lowest BCUT2D eigenvalue weighted by Crippen LogP contribution is -2.26. The predicted molar refractivity (Wildman–Crippen MR) is 149 cm³/mol. The van der Waals surface area contributed by atoms with E-state index in [1.807, 2.05) is 25.1 Å². The van der Waals surface area contributed by atoms with Crippen molar-refractivity contribution in [1.29, 1.82) is 0 Å². The zero-order chi connectivity index (χ0) is 27.9. The lowest BCUT2D eigenvalue weighted by molar-refractivity contribution is 0.0131. The average molecular weight is 545 g/mol. The molecule has 1 aromatic carbocycles. The Labute approximate surface area is 228 Å². The van der Waals surface area contributed by atoms with Crippen LogP contribution in [0, 0.1) is 5.82 Å². The normalized spacial score (nSPS) is 17.4. The van der Waals surface area contributed by atoms with Gasteiger partial charge in [-0.1, -0.05) is 29.8 Å². The molecule has 1 saturated heterocycles. The second-order valence-electron chi connectivity index (χ2n) is 10.00. The summed E-state index contributed by atoms with van der Waals surface area (Å²) in [6, 6.07) is 10.2. The van der Waals surface area contributed by atoms with E-state index < -0.39 is 5.92 Å². The minimum Gasteiger partial charge on any atom is -0.404 e. The van der Waals surface area contributed by atoms with Crippen molar-refractivity contribution in [3.05, 3.63) is 95.9 Å². The third kappa shape index (κ3) is 4.91. The highest BCUT2D eigenvalue weighted by Gasteiger charge is 2.37. The summed E-state index contributed by atoms with van der Waals surface area (Å²) in [7, 11) is 0. The number of rotatable bonds is 6. The number of halogens is 3. The summed E-state index contributed by atoms with van der Waals surface area (Å²) in [4.78, 5) is 19.0. The monoisotopic (exact) mass is 544 g/mol. The van der Waals surface area contributed by atoms with Gasteiger partial charge in [0, 0.05) is 54.8 Å². The Morgan fingerprint density at radius 2 is 1.98 bits per heavy atom. The fourth-order valence-corrected chi connectivity index (χ4v) is 5.11. The molecule has 2 aliphatic heterocycles. The number of imidazole rings is 1. The van der Waals surface area contributed by atoms with Gasteiger partial charge in [0.1, 0.15) is 22.9 Å². The summed E-state index contributed by atoms with van der Waals surface area (Å²) < 4.78 is 41.8. The predicted octanol–water partition coefficient (Wildman–Crippen LogP) is 5.07. The van der Waals surface area contributed by atoms with E-state index in [9.17, 15) is 13.2 Å². The number of anilines is 1. The Balaban J connectivity index is 1.33. The first kappa shape index (κ1) is 25.6. The largest absolute Gasteiger partial charge is 0.404 e. The molecule has 0 saturated carbocycles. The molecule has 0 atom stereocenters. The summed E-state index contributed by atoms with van der Waals surface area (Å²) in [5, 5.41) is 0. The maximum atomic E-state index is 14.6. The maximum Gasteiger partial charge on any atom is 0.261 e. The van der Waals surface area contributed by atoms with Crippen molar-refractivity contribution < 1.29 is 13.2 Å². The number of benzene rings is 1. The molecule has 5 N–H and O–H groups in total. The van der Waals surface area contributed by atoms with Gasteiger partial charge in [-0.3, -0.25) is 15.3 Å². The molecule has 1 fully saturated rings. The number of nitrogens with two attached hydrogens (primary N) is 1. The highest BCUT2D eigenvalue weighted by molar-refractivity contribution is 5.94. The number of hydrogen-bond acceptors (Lipinski definition) is 7. The number of H-pyrrole nitrogens is 1. The first-order chi connectivity index (χ1) is 19.3. The first-order valence-electron chi connectivity index (χ1n) is 12.8. The fourth-order valence-electron chi connectivity index (χ4n) is 5.11. The Hall–Kier alpha value is -4.64. The van der Waals surface area contributed by atoms with E-state index in [-0.39, 0.29) is 18.8 Å². The molecule has 0 bridgehead atoms. The molecule has 8 nitrogen and oxygen atoms in total. The van der Waals surface area contributed by atoms with E-state index in [2.05, 4.69) is 20.8 Å². The number of aromatic nitrogens is 4. The summed E-state index contributed by atoms with van der Waals surface area (Å²) in [6.07, 6.45) is 8.20. The lowest BCUT2D eigenvalue weighted by Gasteiger charge is -2.20. The van der Waals surface area contributed by atoms with Crippen LogP contribution in [0.1, 0.15) is 30.6 Å². The van der Waals surface area contributed by atoms with Crippen LogP contribution < -0.4 is 16.6 Å². The number of alkyl halides is 2. The highest BCUT2D eigenvalue weighted by Crippen LogP contribution is 2.34. The fraction of sp³-hybridized carbons (Fsp3) is 0.207. The van der Waals surface area contributed by atoms with Gasteiger partial charge in [-0.05, 0) is 25.1 Å². The number of nitrogens with zero attached hydrogens (tertiary/aromatic N) is 4. The van der Waals surface area contributed by atoms with E-state index in [0.717, 1.165) is 11.3 Å². The molecule has 0 radical (unpaired) electrons. The van der Waals surface area contributed by atoms with E-state index in [1.165, 1.54) is 12.3 Å². The van der Waals surface area contributed by atoms with E-state index in [0.29, 0.717) is 63.6 Å². The Kier molecular flexibility index (Phi) is 6.51. The number of likely N-dealkylation sites (tertiary alicyclic amines) is 1. The van der Waals surface area contributed by atoms with E-state index in [4.69, 9.17) is 15.7 Å². The van der Waals surface area contributed by atoms with Crippen molar-refractivity contribution in [3.63, 3.8) is 0 Å². The van der Waals surface area contributed by atoms with Crippen LogP contribution in [0.2, 0.25) is 0 Å². The molecule has 0 spiro atoms. The molecule has 40 heavy (non-hydrogen) atoms. The van der Waals surface area contributed by atoms with Gasteiger partial charge in [0.2, 0.25) is 0 Å². The molecule has 11 heteroatoms.